The summed E-state index contributed by atoms with van der Waals surface area (Å²) in [7, 11) is 0. The first-order valence-corrected chi connectivity index (χ1v) is 7.91. The maximum Gasteiger partial charge on any atom is 0.319 e. The number of hydrogen-bond acceptors (Lipinski definition) is 3. The molecule has 2 N–H and O–H groups in total. The van der Waals surface area contributed by atoms with Crippen molar-refractivity contribution in [1.29, 1.82) is 0 Å². The molecule has 1 aliphatic carbocycles. The van der Waals surface area contributed by atoms with Gasteiger partial charge in [0.25, 0.3) is 0 Å². The Labute approximate surface area is 135 Å². The van der Waals surface area contributed by atoms with Crippen LogP contribution in [0.25, 0.3) is 0 Å². The van der Waals surface area contributed by atoms with Gasteiger partial charge in [0.15, 0.2) is 0 Å². The monoisotopic (exact) mass is 311 g/mol. The van der Waals surface area contributed by atoms with Crippen LogP contribution in [0.2, 0.25) is 0 Å². The minimum atomic E-state index is -0.155. The summed E-state index contributed by atoms with van der Waals surface area (Å²) in [6, 6.07) is 7.60. The summed E-state index contributed by atoms with van der Waals surface area (Å²) in [4.78, 5) is 15.9. The number of benzene rings is 1. The van der Waals surface area contributed by atoms with Gasteiger partial charge < -0.3 is 10.6 Å². The number of hydrogen-bond donors (Lipinski definition) is 2. The normalized spacial score (nSPS) is 17.0. The van der Waals surface area contributed by atoms with E-state index in [0.29, 0.717) is 12.5 Å². The Hall–Kier alpha value is -2.63. The Balaban J connectivity index is 1.50. The van der Waals surface area contributed by atoms with Crippen molar-refractivity contribution >= 4 is 11.7 Å². The molecule has 0 saturated carbocycles. The molecule has 0 unspecified atom stereocenters. The molecule has 2 aromatic rings. The lowest BCUT2D eigenvalue weighted by molar-refractivity contribution is 0.249. The number of amides is 2. The predicted octanol–water partition coefficient (Wildman–Crippen LogP) is 2.80. The van der Waals surface area contributed by atoms with E-state index in [4.69, 9.17) is 0 Å². The van der Waals surface area contributed by atoms with Crippen molar-refractivity contribution in [3.05, 3.63) is 54.6 Å². The van der Waals surface area contributed by atoms with Crippen LogP contribution in [0.1, 0.15) is 24.8 Å². The minimum Gasteiger partial charge on any atom is -0.338 e. The second kappa shape index (κ2) is 7.58. The van der Waals surface area contributed by atoms with E-state index in [-0.39, 0.29) is 6.03 Å². The van der Waals surface area contributed by atoms with Crippen molar-refractivity contribution < 1.29 is 4.79 Å². The fourth-order valence-corrected chi connectivity index (χ4v) is 2.70. The number of carbonyl (C=O) groups is 1. The van der Waals surface area contributed by atoms with Crippen LogP contribution in [-0.2, 0) is 6.54 Å². The minimum absolute atomic E-state index is 0.155. The van der Waals surface area contributed by atoms with Gasteiger partial charge in [-0.1, -0.05) is 24.3 Å². The molecular formula is C17H21N5O. The highest BCUT2D eigenvalue weighted by Crippen LogP contribution is 2.17. The zero-order valence-corrected chi connectivity index (χ0v) is 13.0. The van der Waals surface area contributed by atoms with Crippen LogP contribution in [0.5, 0.6) is 0 Å². The molecule has 0 bridgehead atoms. The van der Waals surface area contributed by atoms with E-state index < -0.39 is 0 Å². The largest absolute Gasteiger partial charge is 0.338 e. The number of nitrogens with one attached hydrogen (secondary N) is 2. The third kappa shape index (κ3) is 4.67. The average Bonchev–Trinajstić information content (AvgIpc) is 3.07. The Bertz CT molecular complexity index is 665. The van der Waals surface area contributed by atoms with Crippen LogP contribution in [0.15, 0.2) is 49.1 Å². The molecule has 1 heterocycles. The number of carbonyl (C=O) groups excluding carboxylic acids is 1. The molecule has 6 heteroatoms. The number of rotatable bonds is 5. The molecule has 1 aromatic carbocycles. The maximum absolute atomic E-state index is 12.0. The van der Waals surface area contributed by atoms with Crippen LogP contribution in [-0.4, -0.2) is 27.3 Å². The van der Waals surface area contributed by atoms with Crippen molar-refractivity contribution in [2.75, 3.05) is 11.9 Å². The van der Waals surface area contributed by atoms with Gasteiger partial charge in [0.05, 0.1) is 6.54 Å². The van der Waals surface area contributed by atoms with Gasteiger partial charge in [-0.3, -0.25) is 0 Å². The van der Waals surface area contributed by atoms with E-state index in [1.807, 2.05) is 24.3 Å². The SMILES string of the molecule is O=C(NC[C@@H]1CC=CCC1)Nc1cccc(Cn2cncn2)c1. The van der Waals surface area contributed by atoms with Gasteiger partial charge in [-0.05, 0) is 42.9 Å². The smallest absolute Gasteiger partial charge is 0.319 e. The number of allylic oxidation sites excluding steroid dienone is 2. The molecule has 2 amide bonds. The van der Waals surface area contributed by atoms with Gasteiger partial charge >= 0.3 is 6.03 Å². The third-order valence-electron chi connectivity index (χ3n) is 3.92. The Morgan fingerprint density at radius 3 is 3.09 bits per heavy atom. The fourth-order valence-electron chi connectivity index (χ4n) is 2.70. The summed E-state index contributed by atoms with van der Waals surface area (Å²) >= 11 is 0. The van der Waals surface area contributed by atoms with Crippen LogP contribution < -0.4 is 10.6 Å². The summed E-state index contributed by atoms with van der Waals surface area (Å²) in [5, 5.41) is 9.93. The molecule has 120 valence electrons. The molecular weight excluding hydrogens is 290 g/mol. The lowest BCUT2D eigenvalue weighted by atomic mass is 9.94. The van der Waals surface area contributed by atoms with Crippen molar-refractivity contribution in [2.24, 2.45) is 5.92 Å². The average molecular weight is 311 g/mol. The molecule has 0 spiro atoms. The highest BCUT2D eigenvalue weighted by molar-refractivity contribution is 5.89. The number of urea groups is 1. The van der Waals surface area contributed by atoms with Gasteiger partial charge in [0, 0.05) is 12.2 Å². The Morgan fingerprint density at radius 1 is 1.35 bits per heavy atom. The van der Waals surface area contributed by atoms with E-state index in [2.05, 4.69) is 32.9 Å². The van der Waals surface area contributed by atoms with Crippen LogP contribution in [0.4, 0.5) is 10.5 Å². The van der Waals surface area contributed by atoms with Crippen molar-refractivity contribution in [1.82, 2.24) is 20.1 Å². The van der Waals surface area contributed by atoms with Crippen molar-refractivity contribution in [3.63, 3.8) is 0 Å². The quantitative estimate of drug-likeness (QED) is 0.834. The highest BCUT2D eigenvalue weighted by atomic mass is 16.2. The van der Waals surface area contributed by atoms with Crippen LogP contribution >= 0.6 is 0 Å². The Morgan fingerprint density at radius 2 is 2.30 bits per heavy atom. The molecule has 0 radical (unpaired) electrons. The maximum atomic E-state index is 12.0. The van der Waals surface area contributed by atoms with E-state index in [1.54, 1.807) is 11.0 Å². The second-order valence-corrected chi connectivity index (χ2v) is 5.78. The lowest BCUT2D eigenvalue weighted by Gasteiger charge is -2.18. The molecule has 6 nitrogen and oxygen atoms in total. The van der Waals surface area contributed by atoms with E-state index >= 15 is 0 Å². The number of nitrogens with zero attached hydrogens (tertiary/aromatic N) is 3. The van der Waals surface area contributed by atoms with Crippen molar-refractivity contribution in [2.45, 2.75) is 25.8 Å². The lowest BCUT2D eigenvalue weighted by Crippen LogP contribution is -2.33. The van der Waals surface area contributed by atoms with Gasteiger partial charge in [0.2, 0.25) is 0 Å². The molecule has 1 atom stereocenters. The molecule has 23 heavy (non-hydrogen) atoms. The first kappa shape index (κ1) is 15.3. The van der Waals surface area contributed by atoms with Gasteiger partial charge in [-0.25, -0.2) is 14.5 Å². The predicted molar refractivity (Wildman–Crippen MR) is 89.1 cm³/mol. The zero-order valence-electron chi connectivity index (χ0n) is 13.0. The van der Waals surface area contributed by atoms with Crippen LogP contribution in [0, 0.1) is 5.92 Å². The van der Waals surface area contributed by atoms with Gasteiger partial charge in [0.1, 0.15) is 12.7 Å². The number of aromatic nitrogens is 3. The third-order valence-corrected chi connectivity index (χ3v) is 3.92. The molecule has 1 aromatic heterocycles. The summed E-state index contributed by atoms with van der Waals surface area (Å²) in [5.41, 5.74) is 1.84. The highest BCUT2D eigenvalue weighted by Gasteiger charge is 2.11. The second-order valence-electron chi connectivity index (χ2n) is 5.78. The summed E-state index contributed by atoms with van der Waals surface area (Å²) in [6.07, 6.45) is 10.9. The molecule has 0 fully saturated rings. The molecule has 0 saturated heterocycles. The van der Waals surface area contributed by atoms with E-state index in [9.17, 15) is 4.79 Å². The molecule has 0 aliphatic heterocycles. The van der Waals surface area contributed by atoms with E-state index in [1.165, 1.54) is 6.33 Å². The number of anilines is 1. The summed E-state index contributed by atoms with van der Waals surface area (Å²) < 4.78 is 1.75. The van der Waals surface area contributed by atoms with Crippen LogP contribution in [0.3, 0.4) is 0 Å². The van der Waals surface area contributed by atoms with Gasteiger partial charge in [-0.15, -0.1) is 0 Å². The van der Waals surface area contributed by atoms with Crippen molar-refractivity contribution in [3.8, 4) is 0 Å². The van der Waals surface area contributed by atoms with E-state index in [0.717, 1.165) is 37.1 Å². The zero-order chi connectivity index (χ0) is 15.9. The topological polar surface area (TPSA) is 71.8 Å². The molecule has 1 aliphatic rings. The summed E-state index contributed by atoms with van der Waals surface area (Å²) in [5.74, 6) is 0.546. The van der Waals surface area contributed by atoms with Gasteiger partial charge in [-0.2, -0.15) is 5.10 Å². The summed E-state index contributed by atoms with van der Waals surface area (Å²) in [6.45, 7) is 1.35. The first-order valence-electron chi connectivity index (χ1n) is 7.91. The first-order chi connectivity index (χ1) is 11.3. The fraction of sp³-hybridized carbons (Fsp3) is 0.353. The molecule has 3 rings (SSSR count). The standard InChI is InChI=1S/C17H21N5O/c23-17(19-10-14-5-2-1-3-6-14)21-16-8-4-7-15(9-16)11-22-13-18-12-20-22/h1-2,4,7-9,12-14H,3,5-6,10-11H2,(H2,19,21,23)/t14-/m1/s1. The Kier molecular flexibility index (Phi) is 5.03.